The molecule has 0 amide bonds. The monoisotopic (exact) mass is 597 g/mol. The van der Waals surface area contributed by atoms with E-state index in [0.717, 1.165) is 34.4 Å². The number of hydrogen-bond acceptors (Lipinski definition) is 5. The minimum absolute atomic E-state index is 0.176. The Balaban J connectivity index is 1.71. The van der Waals surface area contributed by atoms with Crippen LogP contribution in [0, 0.1) is 6.92 Å². The normalized spacial score (nSPS) is 18.9. The summed E-state index contributed by atoms with van der Waals surface area (Å²) in [6, 6.07) is 11.0. The first kappa shape index (κ1) is 31.5. The average Bonchev–Trinajstić information content (AvgIpc) is 3.52. The van der Waals surface area contributed by atoms with E-state index in [0.29, 0.717) is 48.2 Å². The quantitative estimate of drug-likeness (QED) is 0.187. The van der Waals surface area contributed by atoms with Crippen LogP contribution in [0.25, 0.3) is 5.57 Å². The van der Waals surface area contributed by atoms with Gasteiger partial charge in [-0.1, -0.05) is 71.4 Å². The second-order valence-corrected chi connectivity index (χ2v) is 19.6. The number of fused-ring (bicyclic) bond motifs is 1. The second-order valence-electron chi connectivity index (χ2n) is 12.4. The third-order valence-electron chi connectivity index (χ3n) is 8.91. The van der Waals surface area contributed by atoms with Crippen LogP contribution in [-0.2, 0) is 20.9 Å². The highest BCUT2D eigenvalue weighted by atomic mass is 32.2. The maximum atomic E-state index is 13.7. The molecule has 1 aliphatic carbocycles. The number of sulfonamides is 1. The van der Waals surface area contributed by atoms with Crippen molar-refractivity contribution in [2.75, 3.05) is 13.4 Å². The predicted octanol–water partition coefficient (Wildman–Crippen LogP) is 7.93. The van der Waals surface area contributed by atoms with Gasteiger partial charge in [-0.3, -0.25) is 0 Å². The van der Waals surface area contributed by atoms with Crippen LogP contribution < -0.4 is 14.2 Å². The molecule has 0 spiro atoms. The standard InChI is InChI=1S/C33H47NO5SSi/c1-9-17-33(34-40(35,36)28-14-12-26(8)13-15-28)18-10-11-30(33)29-21-32-31(37-22-38-32)20-27(29)16-19-39-41(23(2)3,24(4)5)25(6)7/h9,11-15,20-21,23-25,34H,1,10,16-19,22H2,2-8H3. The van der Waals surface area contributed by atoms with Gasteiger partial charge in [-0.15, -0.1) is 6.58 Å². The van der Waals surface area contributed by atoms with E-state index >= 15 is 0 Å². The number of hydrogen-bond donors (Lipinski definition) is 1. The third kappa shape index (κ3) is 6.21. The summed E-state index contributed by atoms with van der Waals surface area (Å²) in [5.74, 6) is 1.40. The van der Waals surface area contributed by atoms with E-state index in [4.69, 9.17) is 13.9 Å². The molecule has 0 fully saturated rings. The summed E-state index contributed by atoms with van der Waals surface area (Å²) >= 11 is 0. The molecule has 2 aromatic carbocycles. The van der Waals surface area contributed by atoms with Gasteiger partial charge in [0.15, 0.2) is 19.8 Å². The van der Waals surface area contributed by atoms with Crippen molar-refractivity contribution in [1.82, 2.24) is 4.72 Å². The van der Waals surface area contributed by atoms with Crippen LogP contribution in [-0.4, -0.2) is 35.7 Å². The molecule has 1 N–H and O–H groups in total. The summed E-state index contributed by atoms with van der Waals surface area (Å²) in [6.45, 7) is 20.5. The van der Waals surface area contributed by atoms with Crippen molar-refractivity contribution in [2.45, 2.75) is 101 Å². The zero-order chi connectivity index (χ0) is 30.0. The zero-order valence-electron chi connectivity index (χ0n) is 25.8. The predicted molar refractivity (Wildman–Crippen MR) is 170 cm³/mol. The van der Waals surface area contributed by atoms with Gasteiger partial charge in [0, 0.05) is 6.61 Å². The fraction of sp³-hybridized carbons (Fsp3) is 0.515. The van der Waals surface area contributed by atoms with E-state index in [1.807, 2.05) is 25.1 Å². The highest BCUT2D eigenvalue weighted by molar-refractivity contribution is 7.89. The number of allylic oxidation sites excluding steroid dienone is 1. The molecule has 0 saturated carbocycles. The van der Waals surface area contributed by atoms with E-state index in [9.17, 15) is 8.42 Å². The minimum Gasteiger partial charge on any atom is -0.454 e. The number of rotatable bonds is 13. The van der Waals surface area contributed by atoms with E-state index < -0.39 is 23.9 Å². The van der Waals surface area contributed by atoms with Crippen LogP contribution >= 0.6 is 0 Å². The van der Waals surface area contributed by atoms with Gasteiger partial charge in [0.25, 0.3) is 0 Å². The summed E-state index contributed by atoms with van der Waals surface area (Å²) in [5, 5.41) is 0. The lowest BCUT2D eigenvalue weighted by Gasteiger charge is -2.42. The molecule has 1 aliphatic heterocycles. The summed E-state index contributed by atoms with van der Waals surface area (Å²) in [7, 11) is -5.83. The molecular weight excluding hydrogens is 551 g/mol. The molecule has 224 valence electrons. The van der Waals surface area contributed by atoms with E-state index in [1.54, 1.807) is 18.2 Å². The average molecular weight is 598 g/mol. The van der Waals surface area contributed by atoms with Crippen molar-refractivity contribution in [2.24, 2.45) is 0 Å². The zero-order valence-corrected chi connectivity index (χ0v) is 27.6. The van der Waals surface area contributed by atoms with Crippen LogP contribution in [0.15, 0.2) is 60.0 Å². The van der Waals surface area contributed by atoms with E-state index in [1.165, 1.54) is 0 Å². The molecule has 0 saturated heterocycles. The Morgan fingerprint density at radius 1 is 1.02 bits per heavy atom. The number of benzene rings is 2. The topological polar surface area (TPSA) is 73.9 Å². The van der Waals surface area contributed by atoms with Crippen LogP contribution in [0.2, 0.25) is 16.6 Å². The first-order valence-corrected chi connectivity index (χ1v) is 18.5. The Hall–Kier alpha value is -2.39. The molecule has 0 aromatic heterocycles. The Labute approximate surface area is 248 Å². The highest BCUT2D eigenvalue weighted by Gasteiger charge is 2.45. The first-order valence-electron chi connectivity index (χ1n) is 14.9. The third-order valence-corrected chi connectivity index (χ3v) is 16.6. The van der Waals surface area contributed by atoms with Gasteiger partial charge in [0.1, 0.15) is 0 Å². The lowest BCUT2D eigenvalue weighted by molar-refractivity contribution is 0.174. The fourth-order valence-corrected chi connectivity index (χ4v) is 14.0. The SMILES string of the molecule is C=CCC1(NS(=O)(=O)c2ccc(C)cc2)CCC=C1c1cc2c(cc1CCO[Si](C(C)C)(C(C)C)C(C)C)OCO2. The number of aryl methyl sites for hydroxylation is 1. The molecule has 1 heterocycles. The Bertz CT molecular complexity index is 1360. The van der Waals surface area contributed by atoms with Crippen LogP contribution in [0.4, 0.5) is 0 Å². The van der Waals surface area contributed by atoms with Gasteiger partial charge in [-0.2, -0.15) is 0 Å². The van der Waals surface area contributed by atoms with E-state index in [-0.39, 0.29) is 11.7 Å². The molecule has 1 unspecified atom stereocenters. The van der Waals surface area contributed by atoms with Crippen molar-refractivity contribution >= 4 is 23.9 Å². The minimum atomic E-state index is -3.78. The molecular formula is C33H47NO5SSi. The van der Waals surface area contributed by atoms with Gasteiger partial charge in [0.2, 0.25) is 16.8 Å². The molecule has 2 aromatic rings. The Morgan fingerprint density at radius 3 is 2.22 bits per heavy atom. The summed E-state index contributed by atoms with van der Waals surface area (Å²) in [5.41, 5.74) is 4.69. The molecule has 4 rings (SSSR count). The van der Waals surface area contributed by atoms with E-state index in [2.05, 4.69) is 65.0 Å². The first-order chi connectivity index (χ1) is 19.4. The van der Waals surface area contributed by atoms with Gasteiger partial charge < -0.3 is 13.9 Å². The van der Waals surface area contributed by atoms with Gasteiger partial charge >= 0.3 is 0 Å². The van der Waals surface area contributed by atoms with Crippen LogP contribution in [0.3, 0.4) is 0 Å². The Morgan fingerprint density at radius 2 is 1.63 bits per heavy atom. The van der Waals surface area contributed by atoms with Crippen molar-refractivity contribution in [3.8, 4) is 11.5 Å². The van der Waals surface area contributed by atoms with Crippen molar-refractivity contribution in [3.05, 3.63) is 71.8 Å². The summed E-state index contributed by atoms with van der Waals surface area (Å²) < 4.78 is 48.9. The number of nitrogens with one attached hydrogen (secondary N) is 1. The van der Waals surface area contributed by atoms with Crippen molar-refractivity contribution in [1.29, 1.82) is 0 Å². The van der Waals surface area contributed by atoms with Crippen molar-refractivity contribution < 1.29 is 22.3 Å². The molecule has 2 aliphatic rings. The molecule has 6 nitrogen and oxygen atoms in total. The highest BCUT2D eigenvalue weighted by Crippen LogP contribution is 2.47. The molecule has 8 heteroatoms. The number of ether oxygens (including phenoxy) is 2. The molecule has 41 heavy (non-hydrogen) atoms. The van der Waals surface area contributed by atoms with Gasteiger partial charge in [-0.25, -0.2) is 13.1 Å². The van der Waals surface area contributed by atoms with Gasteiger partial charge in [-0.05, 0) is 90.2 Å². The molecule has 0 bridgehead atoms. The van der Waals surface area contributed by atoms with Crippen LogP contribution in [0.1, 0.15) is 77.5 Å². The van der Waals surface area contributed by atoms with Crippen molar-refractivity contribution in [3.63, 3.8) is 0 Å². The lowest BCUT2D eigenvalue weighted by Crippen LogP contribution is -2.48. The smallest absolute Gasteiger partial charge is 0.241 e. The maximum Gasteiger partial charge on any atom is 0.241 e. The van der Waals surface area contributed by atoms with Gasteiger partial charge in [0.05, 0.1) is 10.4 Å². The molecule has 1 atom stereocenters. The summed E-state index contributed by atoms with van der Waals surface area (Å²) in [6.07, 6.45) is 6.54. The Kier molecular flexibility index (Phi) is 9.58. The summed E-state index contributed by atoms with van der Waals surface area (Å²) in [4.78, 5) is 0.259. The largest absolute Gasteiger partial charge is 0.454 e. The second kappa shape index (κ2) is 12.5. The lowest BCUT2D eigenvalue weighted by atomic mass is 9.82. The molecule has 0 radical (unpaired) electrons. The van der Waals surface area contributed by atoms with Crippen LogP contribution in [0.5, 0.6) is 11.5 Å². The fourth-order valence-electron chi connectivity index (χ4n) is 7.08. The maximum absolute atomic E-state index is 13.7.